The van der Waals surface area contributed by atoms with E-state index >= 15 is 0 Å². The number of hydrogen-bond acceptors (Lipinski definition) is 5. The van der Waals surface area contributed by atoms with Crippen LogP contribution in [0.2, 0.25) is 0 Å². The number of ether oxygens (including phenoxy) is 1. The predicted octanol–water partition coefficient (Wildman–Crippen LogP) is 4.16. The molecule has 168 valence electrons. The molecule has 0 saturated heterocycles. The number of hydrogen-bond donors (Lipinski definition) is 2. The van der Waals surface area contributed by atoms with Crippen molar-refractivity contribution in [2.75, 3.05) is 6.61 Å². The van der Waals surface area contributed by atoms with Crippen molar-refractivity contribution in [3.8, 4) is 0 Å². The highest BCUT2D eigenvalue weighted by Gasteiger charge is 2.66. The number of carbonyl (C=O) groups is 2. The van der Waals surface area contributed by atoms with Crippen LogP contribution in [0.4, 0.5) is 0 Å². The summed E-state index contributed by atoms with van der Waals surface area (Å²) in [5.74, 6) is -0.288. The van der Waals surface area contributed by atoms with Crippen LogP contribution in [0, 0.1) is 34.5 Å². The van der Waals surface area contributed by atoms with Crippen molar-refractivity contribution in [2.45, 2.75) is 85.9 Å². The van der Waals surface area contributed by atoms with Crippen LogP contribution in [-0.4, -0.2) is 40.8 Å². The summed E-state index contributed by atoms with van der Waals surface area (Å²) in [6.45, 7) is 17.7. The van der Waals surface area contributed by atoms with E-state index in [1.807, 2.05) is 20.8 Å². The first-order valence-corrected chi connectivity index (χ1v) is 11.2. The van der Waals surface area contributed by atoms with Gasteiger partial charge in [-0.05, 0) is 48.9 Å². The molecule has 0 heterocycles. The first-order valence-electron chi connectivity index (χ1n) is 11.2. The number of aliphatic hydroxyl groups is 2. The molecule has 0 radical (unpaired) electrons. The average molecular weight is 411 g/mol. The number of Topliss-reactive ketones (excluding diaryl/α,β-unsaturated/α-hetero) is 1. The Labute approximate surface area is 176 Å². The number of ketones is 1. The molecule has 3 fully saturated rings. The van der Waals surface area contributed by atoms with Crippen LogP contribution in [-0.2, 0) is 14.3 Å². The van der Waals surface area contributed by atoms with E-state index in [-0.39, 0.29) is 34.9 Å². The van der Waals surface area contributed by atoms with Crippen molar-refractivity contribution in [1.82, 2.24) is 0 Å². The van der Waals surface area contributed by atoms with Crippen molar-refractivity contribution >= 4 is 11.8 Å². The van der Waals surface area contributed by atoms with Crippen molar-refractivity contribution < 1.29 is 24.5 Å². The van der Waals surface area contributed by atoms with Gasteiger partial charge in [0.25, 0.3) is 0 Å². The molecule has 3 aliphatic carbocycles. The summed E-state index contributed by atoms with van der Waals surface area (Å²) in [5.41, 5.74) is -0.643. The first-order chi connectivity index (χ1) is 13.7. The van der Waals surface area contributed by atoms with Gasteiger partial charge in [-0.3, -0.25) is 4.79 Å². The molecule has 2 N–H and O–H groups in total. The van der Waals surface area contributed by atoms with Gasteiger partial charge in [0.2, 0.25) is 0 Å². The lowest BCUT2D eigenvalue weighted by atomic mass is 9.45. The van der Waals surface area contributed by atoms with E-state index < -0.39 is 30.2 Å². The molecule has 8 unspecified atom stereocenters. The summed E-state index contributed by atoms with van der Waals surface area (Å²) in [6, 6.07) is 0. The molecule has 2 bridgehead atoms. The van der Waals surface area contributed by atoms with Gasteiger partial charge >= 0.3 is 5.97 Å². The smallest absolute Gasteiger partial charge is 0.332 e. The highest BCUT2D eigenvalue weighted by molar-refractivity contribution is 5.85. The Hall–Kier alpha value is -1.20. The normalized spacial score (nSPS) is 43.4. The topological polar surface area (TPSA) is 83.8 Å². The Morgan fingerprint density at radius 2 is 1.79 bits per heavy atom. The van der Waals surface area contributed by atoms with Crippen LogP contribution >= 0.6 is 0 Å². The largest absolute Gasteiger partial charge is 0.460 e. The van der Waals surface area contributed by atoms with E-state index in [1.54, 1.807) is 0 Å². The number of carbonyl (C=O) groups excluding carboxylic acids is 2. The average Bonchev–Trinajstić information content (AvgIpc) is 3.09. The number of rotatable bonds is 2. The molecule has 29 heavy (non-hydrogen) atoms. The summed E-state index contributed by atoms with van der Waals surface area (Å²) < 4.78 is 5.69. The van der Waals surface area contributed by atoms with E-state index in [4.69, 9.17) is 4.74 Å². The summed E-state index contributed by atoms with van der Waals surface area (Å²) in [6.07, 6.45) is 2.86. The molecule has 3 saturated carbocycles. The molecule has 3 rings (SSSR count). The Bertz CT molecular complexity index is 576. The summed E-state index contributed by atoms with van der Waals surface area (Å²) in [4.78, 5) is 24.9. The second-order valence-corrected chi connectivity index (χ2v) is 9.07. The second-order valence-electron chi connectivity index (χ2n) is 9.07. The van der Waals surface area contributed by atoms with Crippen LogP contribution in [0.3, 0.4) is 0 Å². The highest BCUT2D eigenvalue weighted by atomic mass is 16.6. The summed E-state index contributed by atoms with van der Waals surface area (Å²) in [7, 11) is 0. The number of esters is 1. The standard InChI is InChI=1S/C20H32O5.C2H6.C2H4/c1-11-9-15(25-16(23)10-21)19(4)12(2)5-7-20(13(3)17(11)24)8-6-14(22)18(19)20;2*1-2/h11-13,15,17-18,21,24H,5-10H2,1-4H3;1-2H3;1-2H2. The van der Waals surface area contributed by atoms with Gasteiger partial charge in [0.15, 0.2) is 0 Å². The lowest BCUT2D eigenvalue weighted by Gasteiger charge is -2.60. The second kappa shape index (κ2) is 10.2. The maximum atomic E-state index is 13.0. The van der Waals surface area contributed by atoms with Crippen molar-refractivity contribution in [3.63, 3.8) is 0 Å². The molecule has 3 aliphatic rings. The quantitative estimate of drug-likeness (QED) is 0.527. The maximum Gasteiger partial charge on any atom is 0.332 e. The first kappa shape index (κ1) is 25.8. The van der Waals surface area contributed by atoms with E-state index in [9.17, 15) is 19.8 Å². The molecule has 0 aliphatic heterocycles. The van der Waals surface area contributed by atoms with Gasteiger partial charge < -0.3 is 14.9 Å². The Morgan fingerprint density at radius 1 is 1.21 bits per heavy atom. The van der Waals surface area contributed by atoms with Crippen molar-refractivity contribution in [1.29, 1.82) is 0 Å². The zero-order valence-corrected chi connectivity index (χ0v) is 19.2. The zero-order valence-electron chi connectivity index (χ0n) is 19.2. The van der Waals surface area contributed by atoms with Crippen LogP contribution < -0.4 is 0 Å². The molecular weight excluding hydrogens is 368 g/mol. The van der Waals surface area contributed by atoms with Gasteiger partial charge in [0, 0.05) is 17.8 Å². The molecule has 5 nitrogen and oxygen atoms in total. The van der Waals surface area contributed by atoms with E-state index in [0.717, 1.165) is 19.3 Å². The molecule has 0 spiro atoms. The zero-order chi connectivity index (χ0) is 22.6. The van der Waals surface area contributed by atoms with Gasteiger partial charge in [-0.1, -0.05) is 41.5 Å². The van der Waals surface area contributed by atoms with Crippen LogP contribution in [0.1, 0.15) is 73.6 Å². The Kier molecular flexibility index (Phi) is 9.10. The van der Waals surface area contributed by atoms with E-state index in [0.29, 0.717) is 12.8 Å². The maximum absolute atomic E-state index is 13.0. The minimum absolute atomic E-state index is 0.0235. The Morgan fingerprint density at radius 3 is 2.34 bits per heavy atom. The minimum Gasteiger partial charge on any atom is -0.460 e. The summed E-state index contributed by atoms with van der Waals surface area (Å²) >= 11 is 0. The third-order valence-electron chi connectivity index (χ3n) is 8.14. The minimum atomic E-state index is -0.655. The molecule has 0 amide bonds. The lowest BCUT2D eigenvalue weighted by molar-refractivity contribution is -0.201. The fourth-order valence-corrected chi connectivity index (χ4v) is 6.44. The van der Waals surface area contributed by atoms with Gasteiger partial charge in [0.1, 0.15) is 18.5 Å². The SMILES string of the molecule is C=C.CC.CC1CC(OC(=O)CO)C2(C)C(C)CCC3(CCC(=O)C32)C(C)C1O. The highest BCUT2D eigenvalue weighted by Crippen LogP contribution is 2.66. The van der Waals surface area contributed by atoms with Crippen LogP contribution in [0.25, 0.3) is 0 Å². The van der Waals surface area contributed by atoms with Gasteiger partial charge in [-0.2, -0.15) is 0 Å². The van der Waals surface area contributed by atoms with Crippen LogP contribution in [0.5, 0.6) is 0 Å². The van der Waals surface area contributed by atoms with E-state index in [2.05, 4.69) is 33.9 Å². The number of aliphatic hydroxyl groups excluding tert-OH is 2. The van der Waals surface area contributed by atoms with E-state index in [1.165, 1.54) is 0 Å². The Balaban J connectivity index is 0.000000989. The summed E-state index contributed by atoms with van der Waals surface area (Å²) in [5, 5.41) is 20.1. The monoisotopic (exact) mass is 410 g/mol. The molecule has 0 aromatic rings. The van der Waals surface area contributed by atoms with Crippen molar-refractivity contribution in [3.05, 3.63) is 13.2 Å². The molecule has 8 atom stereocenters. The molecule has 0 aromatic carbocycles. The lowest BCUT2D eigenvalue weighted by Crippen LogP contribution is -2.61. The van der Waals surface area contributed by atoms with Gasteiger partial charge in [-0.15, -0.1) is 13.2 Å². The predicted molar refractivity (Wildman–Crippen MR) is 115 cm³/mol. The fraction of sp³-hybridized carbons (Fsp3) is 0.833. The third-order valence-corrected chi connectivity index (χ3v) is 8.14. The fourth-order valence-electron chi connectivity index (χ4n) is 6.44. The van der Waals surface area contributed by atoms with Gasteiger partial charge in [0.05, 0.1) is 6.10 Å². The third kappa shape index (κ3) is 4.18. The molecular formula is C24H42O5. The van der Waals surface area contributed by atoms with Gasteiger partial charge in [-0.25, -0.2) is 4.79 Å². The van der Waals surface area contributed by atoms with Crippen molar-refractivity contribution in [2.24, 2.45) is 34.5 Å². The molecule has 0 aromatic heterocycles. The van der Waals surface area contributed by atoms with Crippen LogP contribution in [0.15, 0.2) is 13.2 Å². The molecule has 5 heteroatoms.